The van der Waals surface area contributed by atoms with E-state index in [-0.39, 0.29) is 29.8 Å². The van der Waals surface area contributed by atoms with Crippen LogP contribution in [-0.2, 0) is 4.79 Å². The van der Waals surface area contributed by atoms with Gasteiger partial charge in [0.2, 0.25) is 5.91 Å². The van der Waals surface area contributed by atoms with Crippen molar-refractivity contribution in [3.05, 3.63) is 66.0 Å². The van der Waals surface area contributed by atoms with E-state index in [1.165, 1.54) is 18.2 Å². The SMILES string of the molecule is O=C(N[C@H]1CC(=O)N(c2ccccc2)C1)c1cccc(F)c1. The number of nitrogens with one attached hydrogen (secondary N) is 1. The van der Waals surface area contributed by atoms with Gasteiger partial charge in [-0.05, 0) is 30.3 Å². The molecule has 1 fully saturated rings. The number of hydrogen-bond acceptors (Lipinski definition) is 2. The summed E-state index contributed by atoms with van der Waals surface area (Å²) in [5.74, 6) is -0.857. The van der Waals surface area contributed by atoms with Crippen LogP contribution in [0.1, 0.15) is 16.8 Å². The average molecular weight is 298 g/mol. The van der Waals surface area contributed by atoms with Crippen molar-refractivity contribution in [3.8, 4) is 0 Å². The summed E-state index contributed by atoms with van der Waals surface area (Å²) in [6.45, 7) is 0.421. The highest BCUT2D eigenvalue weighted by molar-refractivity contribution is 5.98. The van der Waals surface area contributed by atoms with E-state index in [0.717, 1.165) is 5.69 Å². The van der Waals surface area contributed by atoms with E-state index >= 15 is 0 Å². The van der Waals surface area contributed by atoms with Crippen LogP contribution in [0.5, 0.6) is 0 Å². The molecule has 0 radical (unpaired) electrons. The Morgan fingerprint density at radius 1 is 1.14 bits per heavy atom. The monoisotopic (exact) mass is 298 g/mol. The summed E-state index contributed by atoms with van der Waals surface area (Å²) in [5, 5.41) is 2.78. The number of para-hydroxylation sites is 1. The third kappa shape index (κ3) is 2.98. The summed E-state index contributed by atoms with van der Waals surface area (Å²) in [6, 6.07) is 14.5. The smallest absolute Gasteiger partial charge is 0.251 e. The van der Waals surface area contributed by atoms with Gasteiger partial charge in [-0.3, -0.25) is 9.59 Å². The molecule has 2 aromatic rings. The summed E-state index contributed by atoms with van der Waals surface area (Å²) in [4.78, 5) is 25.8. The van der Waals surface area contributed by atoms with Gasteiger partial charge in [-0.1, -0.05) is 24.3 Å². The zero-order valence-corrected chi connectivity index (χ0v) is 11.8. The molecule has 0 bridgehead atoms. The second kappa shape index (κ2) is 5.97. The van der Waals surface area contributed by atoms with Gasteiger partial charge in [0, 0.05) is 24.2 Å². The quantitative estimate of drug-likeness (QED) is 0.945. The molecule has 22 heavy (non-hydrogen) atoms. The van der Waals surface area contributed by atoms with Crippen LogP contribution in [0.4, 0.5) is 10.1 Å². The van der Waals surface area contributed by atoms with Crippen LogP contribution in [0.2, 0.25) is 0 Å². The van der Waals surface area contributed by atoms with Gasteiger partial charge in [0.05, 0.1) is 6.04 Å². The molecule has 0 unspecified atom stereocenters. The fourth-order valence-electron chi connectivity index (χ4n) is 2.56. The molecule has 0 saturated carbocycles. The van der Waals surface area contributed by atoms with Crippen LogP contribution in [0.25, 0.3) is 0 Å². The molecule has 1 heterocycles. The van der Waals surface area contributed by atoms with Gasteiger partial charge < -0.3 is 10.2 Å². The lowest BCUT2D eigenvalue weighted by atomic mass is 10.2. The number of anilines is 1. The lowest BCUT2D eigenvalue weighted by molar-refractivity contribution is -0.117. The van der Waals surface area contributed by atoms with E-state index in [0.29, 0.717) is 6.54 Å². The maximum atomic E-state index is 13.1. The first-order valence-electron chi connectivity index (χ1n) is 7.05. The number of nitrogens with zero attached hydrogens (tertiary/aromatic N) is 1. The van der Waals surface area contributed by atoms with E-state index < -0.39 is 5.82 Å². The highest BCUT2D eigenvalue weighted by atomic mass is 19.1. The highest BCUT2D eigenvalue weighted by Gasteiger charge is 2.31. The fraction of sp³-hybridized carbons (Fsp3) is 0.176. The standard InChI is InChI=1S/C17H15FN2O2/c18-13-6-4-5-12(9-13)17(22)19-14-10-16(21)20(11-14)15-7-2-1-3-8-15/h1-9,14H,10-11H2,(H,19,22)/t14-/m0/s1. The number of carbonyl (C=O) groups is 2. The van der Waals surface area contributed by atoms with E-state index in [2.05, 4.69) is 5.32 Å². The Balaban J connectivity index is 1.68. The molecule has 1 aliphatic heterocycles. The maximum Gasteiger partial charge on any atom is 0.251 e. The summed E-state index contributed by atoms with van der Waals surface area (Å²) < 4.78 is 13.1. The predicted octanol–water partition coefficient (Wildman–Crippen LogP) is 2.36. The van der Waals surface area contributed by atoms with Crippen LogP contribution in [0.3, 0.4) is 0 Å². The topological polar surface area (TPSA) is 49.4 Å². The minimum atomic E-state index is -0.457. The Morgan fingerprint density at radius 3 is 2.64 bits per heavy atom. The van der Waals surface area contributed by atoms with E-state index in [1.807, 2.05) is 30.3 Å². The molecule has 1 saturated heterocycles. The average Bonchev–Trinajstić information content (AvgIpc) is 2.88. The van der Waals surface area contributed by atoms with Gasteiger partial charge >= 0.3 is 0 Å². The van der Waals surface area contributed by atoms with Gasteiger partial charge in [-0.2, -0.15) is 0 Å². The van der Waals surface area contributed by atoms with Crippen molar-refractivity contribution in [2.45, 2.75) is 12.5 Å². The molecule has 0 aromatic heterocycles. The molecule has 0 aliphatic carbocycles. The number of halogens is 1. The molecule has 5 heteroatoms. The molecule has 3 rings (SSSR count). The van der Waals surface area contributed by atoms with Crippen molar-refractivity contribution in [2.24, 2.45) is 0 Å². The number of rotatable bonds is 3. The van der Waals surface area contributed by atoms with E-state index in [9.17, 15) is 14.0 Å². The van der Waals surface area contributed by atoms with Crippen LogP contribution >= 0.6 is 0 Å². The van der Waals surface area contributed by atoms with Crippen molar-refractivity contribution < 1.29 is 14.0 Å². The normalized spacial score (nSPS) is 17.6. The lowest BCUT2D eigenvalue weighted by Gasteiger charge is -2.17. The van der Waals surface area contributed by atoms with Crippen LogP contribution in [0, 0.1) is 5.82 Å². The van der Waals surface area contributed by atoms with Gasteiger partial charge in [-0.15, -0.1) is 0 Å². The molecule has 0 spiro atoms. The first-order valence-corrected chi connectivity index (χ1v) is 7.05. The molecule has 1 N–H and O–H groups in total. The van der Waals surface area contributed by atoms with Crippen LogP contribution < -0.4 is 10.2 Å². The minimum absolute atomic E-state index is 0.0317. The summed E-state index contributed by atoms with van der Waals surface area (Å²) in [6.07, 6.45) is 0.246. The Bertz CT molecular complexity index is 703. The molecule has 112 valence electrons. The second-order valence-electron chi connectivity index (χ2n) is 5.22. The molecule has 4 nitrogen and oxygen atoms in total. The molecular formula is C17H15FN2O2. The maximum absolute atomic E-state index is 13.1. The highest BCUT2D eigenvalue weighted by Crippen LogP contribution is 2.21. The van der Waals surface area contributed by atoms with Crippen molar-refractivity contribution in [3.63, 3.8) is 0 Å². The molecule has 2 amide bonds. The zero-order valence-electron chi connectivity index (χ0n) is 11.8. The summed E-state index contributed by atoms with van der Waals surface area (Å²) in [5.41, 5.74) is 1.07. The second-order valence-corrected chi connectivity index (χ2v) is 5.22. The first-order chi connectivity index (χ1) is 10.6. The first kappa shape index (κ1) is 14.3. The third-order valence-corrected chi connectivity index (χ3v) is 3.61. The number of amides is 2. The molecule has 2 aromatic carbocycles. The fourth-order valence-corrected chi connectivity index (χ4v) is 2.56. The Labute approximate surface area is 127 Å². The van der Waals surface area contributed by atoms with Crippen molar-refractivity contribution >= 4 is 17.5 Å². The van der Waals surface area contributed by atoms with Crippen LogP contribution in [-0.4, -0.2) is 24.4 Å². The van der Waals surface area contributed by atoms with E-state index in [1.54, 1.807) is 11.0 Å². The van der Waals surface area contributed by atoms with Crippen LogP contribution in [0.15, 0.2) is 54.6 Å². The molecule has 1 atom stereocenters. The molecule has 1 aliphatic rings. The lowest BCUT2D eigenvalue weighted by Crippen LogP contribution is -2.37. The van der Waals surface area contributed by atoms with Gasteiger partial charge in [0.1, 0.15) is 5.82 Å². The largest absolute Gasteiger partial charge is 0.347 e. The van der Waals surface area contributed by atoms with Crippen molar-refractivity contribution in [1.82, 2.24) is 5.32 Å². The Morgan fingerprint density at radius 2 is 1.91 bits per heavy atom. The number of carbonyl (C=O) groups excluding carboxylic acids is 2. The van der Waals surface area contributed by atoms with Gasteiger partial charge in [-0.25, -0.2) is 4.39 Å². The summed E-state index contributed by atoms with van der Waals surface area (Å²) in [7, 11) is 0. The molecular weight excluding hydrogens is 283 g/mol. The predicted molar refractivity (Wildman–Crippen MR) is 81.1 cm³/mol. The van der Waals surface area contributed by atoms with Gasteiger partial charge in [0.25, 0.3) is 5.91 Å². The van der Waals surface area contributed by atoms with Crippen molar-refractivity contribution in [1.29, 1.82) is 0 Å². The zero-order chi connectivity index (χ0) is 15.5. The Hall–Kier alpha value is -2.69. The minimum Gasteiger partial charge on any atom is -0.347 e. The van der Waals surface area contributed by atoms with Gasteiger partial charge in [0.15, 0.2) is 0 Å². The van der Waals surface area contributed by atoms with E-state index in [4.69, 9.17) is 0 Å². The number of hydrogen-bond donors (Lipinski definition) is 1. The number of benzene rings is 2. The summed E-state index contributed by atoms with van der Waals surface area (Å²) >= 11 is 0. The third-order valence-electron chi connectivity index (χ3n) is 3.61. The Kier molecular flexibility index (Phi) is 3.87. The van der Waals surface area contributed by atoms with Crippen molar-refractivity contribution in [2.75, 3.05) is 11.4 Å².